The molecule has 0 saturated carbocycles. The Morgan fingerprint density at radius 2 is 2.22 bits per heavy atom. The van der Waals surface area contributed by atoms with Gasteiger partial charge in [-0.2, -0.15) is 5.10 Å². The van der Waals surface area contributed by atoms with Crippen LogP contribution in [0.2, 0.25) is 0 Å². The summed E-state index contributed by atoms with van der Waals surface area (Å²) in [5.74, 6) is 10.1. The van der Waals surface area contributed by atoms with Crippen molar-refractivity contribution in [2.75, 3.05) is 12.1 Å². The van der Waals surface area contributed by atoms with Crippen molar-refractivity contribution in [3.63, 3.8) is 0 Å². The lowest BCUT2D eigenvalue weighted by Gasteiger charge is -2.20. The lowest BCUT2D eigenvalue weighted by atomic mass is 10.1. The normalized spacial score (nSPS) is 11.9. The number of hydrogen-bond acceptors (Lipinski definition) is 7. The number of nitrogens with two attached hydrogens (primary N) is 2. The first-order chi connectivity index (χ1) is 11.0. The summed E-state index contributed by atoms with van der Waals surface area (Å²) < 4.78 is 19.5. The van der Waals surface area contributed by atoms with E-state index in [9.17, 15) is 9.18 Å². The summed E-state index contributed by atoms with van der Waals surface area (Å²) in [4.78, 5) is 15.4. The summed E-state index contributed by atoms with van der Waals surface area (Å²) in [6.07, 6.45) is 0. The van der Waals surface area contributed by atoms with E-state index in [1.807, 2.05) is 5.43 Å². The average molecular weight is 323 g/mol. The number of carbonyl (C=O) groups is 1. The zero-order valence-electron chi connectivity index (χ0n) is 12.8. The molecular weight excluding hydrogens is 305 g/mol. The second-order valence-corrected chi connectivity index (χ2v) is 4.20. The molecule has 0 spiro atoms. The third kappa shape index (κ3) is 4.56. The van der Waals surface area contributed by atoms with Crippen LogP contribution in [-0.2, 0) is 11.3 Å². The molecule has 0 saturated heterocycles. The lowest BCUT2D eigenvalue weighted by Crippen LogP contribution is -2.48. The van der Waals surface area contributed by atoms with E-state index in [1.165, 1.54) is 18.2 Å². The van der Waals surface area contributed by atoms with Gasteiger partial charge in [0, 0.05) is 13.8 Å². The molecule has 124 valence electrons. The number of amides is 2. The van der Waals surface area contributed by atoms with Crippen LogP contribution in [0.15, 0.2) is 33.4 Å². The number of hydrazine groups is 2. The fourth-order valence-corrected chi connectivity index (χ4v) is 1.60. The Labute approximate surface area is 132 Å². The van der Waals surface area contributed by atoms with Gasteiger partial charge < -0.3 is 4.74 Å². The third-order valence-electron chi connectivity index (χ3n) is 2.86. The summed E-state index contributed by atoms with van der Waals surface area (Å²) in [6.45, 7) is 4.62. The predicted octanol–water partition coefficient (Wildman–Crippen LogP) is 0.711. The van der Waals surface area contributed by atoms with Gasteiger partial charge in [0.15, 0.2) is 0 Å². The van der Waals surface area contributed by atoms with E-state index >= 15 is 0 Å². The smallest absolute Gasteiger partial charge is 0.350 e. The minimum Gasteiger partial charge on any atom is -0.470 e. The van der Waals surface area contributed by atoms with E-state index in [1.54, 1.807) is 14.0 Å². The van der Waals surface area contributed by atoms with Crippen molar-refractivity contribution in [1.29, 1.82) is 0 Å². The van der Waals surface area contributed by atoms with Crippen LogP contribution in [0.1, 0.15) is 12.5 Å². The highest BCUT2D eigenvalue weighted by Gasteiger charge is 2.18. The molecule has 0 atom stereocenters. The Hall–Kier alpha value is -2.85. The summed E-state index contributed by atoms with van der Waals surface area (Å²) >= 11 is 0. The van der Waals surface area contributed by atoms with Crippen LogP contribution in [0.25, 0.3) is 0 Å². The highest BCUT2D eigenvalue weighted by atomic mass is 19.1. The highest BCUT2D eigenvalue weighted by Crippen LogP contribution is 2.22. The summed E-state index contributed by atoms with van der Waals surface area (Å²) in [7, 11) is 1.54. The molecule has 1 rings (SSSR count). The van der Waals surface area contributed by atoms with Crippen molar-refractivity contribution >= 4 is 30.0 Å². The topological polar surface area (TPSA) is 131 Å². The molecule has 1 aromatic carbocycles. The zero-order valence-corrected chi connectivity index (χ0v) is 12.8. The fraction of sp³-hybridized carbons (Fsp3) is 0.231. The van der Waals surface area contributed by atoms with Crippen molar-refractivity contribution in [3.8, 4) is 0 Å². The van der Waals surface area contributed by atoms with E-state index in [4.69, 9.17) is 16.4 Å². The molecule has 0 heterocycles. The first kappa shape index (κ1) is 18.2. The molecule has 0 aliphatic heterocycles. The molecule has 5 N–H and O–H groups in total. The minimum atomic E-state index is -0.815. The molecular formula is C13H18FN7O2. The number of anilines is 1. The third-order valence-corrected chi connectivity index (χ3v) is 2.86. The maximum absolute atomic E-state index is 14.1. The van der Waals surface area contributed by atoms with Crippen LogP contribution in [-0.4, -0.2) is 31.4 Å². The number of rotatable bonds is 5. The molecule has 0 aliphatic rings. The monoisotopic (exact) mass is 323 g/mol. The minimum absolute atomic E-state index is 0.0410. The van der Waals surface area contributed by atoms with E-state index in [0.29, 0.717) is 10.7 Å². The van der Waals surface area contributed by atoms with Crippen LogP contribution in [0.5, 0.6) is 0 Å². The first-order valence-corrected chi connectivity index (χ1v) is 6.39. The standard InChI is InChI=1S/C13H18FN7O2/c1-8(17-2)12(20-18-3)23-7-9-10(14)5-4-6-11(9)21(16)13(22)19-15/h4-6H,3,7,15-16H2,1-2H3,(H,19,22)/b17-8-,20-12+. The molecule has 0 radical (unpaired) electrons. The number of ether oxygens (including phenoxy) is 1. The molecule has 0 aliphatic carbocycles. The quantitative estimate of drug-likeness (QED) is 0.242. The molecule has 1 aromatic rings. The van der Waals surface area contributed by atoms with Gasteiger partial charge in [-0.3, -0.25) is 10.4 Å². The first-order valence-electron chi connectivity index (χ1n) is 6.39. The van der Waals surface area contributed by atoms with Gasteiger partial charge in [0.25, 0.3) is 5.90 Å². The van der Waals surface area contributed by atoms with Gasteiger partial charge >= 0.3 is 6.03 Å². The Balaban J connectivity index is 3.11. The maximum Gasteiger partial charge on any atom is 0.350 e. The second-order valence-electron chi connectivity index (χ2n) is 4.20. The van der Waals surface area contributed by atoms with Crippen molar-refractivity contribution in [1.82, 2.24) is 5.43 Å². The Kier molecular flexibility index (Phi) is 6.77. The largest absolute Gasteiger partial charge is 0.470 e. The van der Waals surface area contributed by atoms with Crippen molar-refractivity contribution < 1.29 is 13.9 Å². The molecule has 10 heteroatoms. The molecule has 2 amide bonds. The van der Waals surface area contributed by atoms with Crippen molar-refractivity contribution in [2.45, 2.75) is 13.5 Å². The van der Waals surface area contributed by atoms with E-state index in [0.717, 1.165) is 0 Å². The highest BCUT2D eigenvalue weighted by molar-refractivity contribution is 6.37. The number of hydrogen-bond donors (Lipinski definition) is 3. The molecule has 0 unspecified atom stereocenters. The Bertz CT molecular complexity index is 645. The molecule has 0 fully saturated rings. The van der Waals surface area contributed by atoms with Crippen LogP contribution in [0.4, 0.5) is 14.9 Å². The Morgan fingerprint density at radius 3 is 2.78 bits per heavy atom. The van der Waals surface area contributed by atoms with Crippen LogP contribution in [0.3, 0.4) is 0 Å². The molecule has 0 bridgehead atoms. The van der Waals surface area contributed by atoms with E-state index in [-0.39, 0.29) is 23.8 Å². The van der Waals surface area contributed by atoms with Gasteiger partial charge in [-0.05, 0) is 19.1 Å². The fourth-order valence-electron chi connectivity index (χ4n) is 1.60. The lowest BCUT2D eigenvalue weighted by molar-refractivity contribution is 0.246. The number of benzene rings is 1. The second kappa shape index (κ2) is 8.56. The number of halogens is 1. The van der Waals surface area contributed by atoms with Gasteiger partial charge in [-0.1, -0.05) is 6.07 Å². The van der Waals surface area contributed by atoms with Gasteiger partial charge in [-0.25, -0.2) is 25.9 Å². The van der Waals surface area contributed by atoms with E-state index in [2.05, 4.69) is 21.9 Å². The maximum atomic E-state index is 14.1. The van der Waals surface area contributed by atoms with Gasteiger partial charge in [-0.15, -0.1) is 5.10 Å². The SMILES string of the molecule is C=N/N=C(OCc1c(F)cccc1N(N)C(=O)NN)\C(C)=N/C. The van der Waals surface area contributed by atoms with Crippen molar-refractivity contribution in [3.05, 3.63) is 29.6 Å². The number of nitrogens with one attached hydrogen (secondary N) is 1. The predicted molar refractivity (Wildman–Crippen MR) is 86.6 cm³/mol. The van der Waals surface area contributed by atoms with Crippen LogP contribution < -0.4 is 22.1 Å². The number of aliphatic imine (C=N–C) groups is 1. The van der Waals surface area contributed by atoms with Gasteiger partial charge in [0.05, 0.1) is 17.0 Å². The van der Waals surface area contributed by atoms with Gasteiger partial charge in [0.2, 0.25) is 0 Å². The summed E-state index contributed by atoms with van der Waals surface area (Å²) in [5.41, 5.74) is 2.43. The molecule has 0 aromatic heterocycles. The zero-order chi connectivity index (χ0) is 17.4. The molecule has 23 heavy (non-hydrogen) atoms. The number of nitrogens with zero attached hydrogens (tertiary/aromatic N) is 4. The summed E-state index contributed by atoms with van der Waals surface area (Å²) in [6, 6.07) is 3.24. The van der Waals surface area contributed by atoms with Crippen LogP contribution >= 0.6 is 0 Å². The summed E-state index contributed by atoms with van der Waals surface area (Å²) in [5, 5.41) is 7.71. The number of carbonyl (C=O) groups excluding carboxylic acids is 1. The van der Waals surface area contributed by atoms with E-state index < -0.39 is 11.8 Å². The van der Waals surface area contributed by atoms with Crippen LogP contribution in [0, 0.1) is 5.82 Å². The average Bonchev–Trinajstić information content (AvgIpc) is 2.57. The van der Waals surface area contributed by atoms with Gasteiger partial charge in [0.1, 0.15) is 12.4 Å². The van der Waals surface area contributed by atoms with Crippen molar-refractivity contribution in [2.24, 2.45) is 26.9 Å². The molecule has 9 nitrogen and oxygen atoms in total. The Morgan fingerprint density at radius 1 is 1.52 bits per heavy atom. The number of urea groups is 1.